The molecular weight excluding hydrogens is 512 g/mol. The Morgan fingerprint density at radius 1 is 1.05 bits per heavy atom. The number of rotatable bonds is 11. The molecule has 8 heteroatoms. The van der Waals surface area contributed by atoms with Crippen LogP contribution in [0.3, 0.4) is 0 Å². The van der Waals surface area contributed by atoms with Gasteiger partial charge >= 0.3 is 11.9 Å². The van der Waals surface area contributed by atoms with Crippen LogP contribution in [0.1, 0.15) is 99.3 Å². The monoisotopic (exact) mass is 560 g/mol. The highest BCUT2D eigenvalue weighted by Gasteiger charge is 2.87. The molecule has 0 unspecified atom stereocenters. The van der Waals surface area contributed by atoms with Crippen LogP contribution >= 0.6 is 0 Å². The van der Waals surface area contributed by atoms with Gasteiger partial charge in [0.15, 0.2) is 11.4 Å². The maximum Gasteiger partial charge on any atom is 0.306 e. The predicted molar refractivity (Wildman–Crippen MR) is 149 cm³/mol. The highest BCUT2D eigenvalue weighted by atomic mass is 16.6. The second kappa shape index (κ2) is 11.0. The van der Waals surface area contributed by atoms with E-state index in [0.29, 0.717) is 17.6 Å². The molecule has 0 saturated heterocycles. The summed E-state index contributed by atoms with van der Waals surface area (Å²) in [6.07, 6.45) is 10.0. The first-order valence-corrected chi connectivity index (χ1v) is 15.1. The number of aliphatic hydroxyl groups is 3. The summed E-state index contributed by atoms with van der Waals surface area (Å²) in [5.74, 6) is -4.30. The molecule has 0 spiro atoms. The minimum Gasteiger partial charge on any atom is -0.458 e. The Kier molecular flexibility index (Phi) is 8.50. The van der Waals surface area contributed by atoms with E-state index in [0.717, 1.165) is 19.3 Å². The van der Waals surface area contributed by atoms with Gasteiger partial charge in [0.1, 0.15) is 11.7 Å². The lowest BCUT2D eigenvalue weighted by atomic mass is 9.59. The van der Waals surface area contributed by atoms with Crippen molar-refractivity contribution in [3.8, 4) is 0 Å². The number of hydrogen-bond acceptors (Lipinski definition) is 8. The van der Waals surface area contributed by atoms with E-state index < -0.39 is 63.7 Å². The fourth-order valence-corrected chi connectivity index (χ4v) is 8.47. The Bertz CT molecular complexity index is 1090. The first-order valence-electron chi connectivity index (χ1n) is 15.1. The normalized spacial score (nSPS) is 39.2. The molecular formula is C32H48O8. The van der Waals surface area contributed by atoms with Gasteiger partial charge < -0.3 is 24.8 Å². The van der Waals surface area contributed by atoms with Crippen molar-refractivity contribution in [2.45, 2.75) is 122 Å². The molecule has 8 nitrogen and oxygen atoms in total. The number of Topliss-reactive ketones (excluding diaryl/α,β-unsaturated/α-hetero) is 1. The average molecular weight is 561 g/mol. The van der Waals surface area contributed by atoms with E-state index in [9.17, 15) is 29.7 Å². The molecule has 0 aromatic heterocycles. The number of aliphatic hydroxyl groups excluding tert-OH is 1. The topological polar surface area (TPSA) is 130 Å². The quantitative estimate of drug-likeness (QED) is 0.195. The number of fused-ring (bicyclic) bond motifs is 5. The summed E-state index contributed by atoms with van der Waals surface area (Å²) in [4.78, 5) is 38.9. The standard InChI is InChI=1S/C32H48O8/c1-7-8-9-10-11-12-13-14-25(35)40-32-26(29(32,5)6)23-16-22(18-33)17-30(37)24(15-19(2)27(30)36)31(23,38)20(3)28(32)39-21(4)34/h15-16,20,23-24,26,28,33,37-38H,7-14,17-18H2,1-6H3/t20-,23+,24-,26-,28-,30-,31-,32-/m1/s1. The van der Waals surface area contributed by atoms with Crippen LogP contribution in [0, 0.1) is 29.1 Å². The summed E-state index contributed by atoms with van der Waals surface area (Å²) in [7, 11) is 0. The van der Waals surface area contributed by atoms with Crippen LogP contribution in [0.25, 0.3) is 0 Å². The van der Waals surface area contributed by atoms with Gasteiger partial charge in [-0.3, -0.25) is 14.4 Å². The first kappa shape index (κ1) is 30.9. The van der Waals surface area contributed by atoms with Crippen molar-refractivity contribution < 1.29 is 39.2 Å². The minimum atomic E-state index is -1.93. The highest BCUT2D eigenvalue weighted by molar-refractivity contribution is 6.04. The molecule has 0 radical (unpaired) electrons. The summed E-state index contributed by atoms with van der Waals surface area (Å²) in [6, 6.07) is 0. The average Bonchev–Trinajstić information content (AvgIpc) is 3.31. The van der Waals surface area contributed by atoms with Crippen LogP contribution in [0.15, 0.2) is 23.3 Å². The summed E-state index contributed by atoms with van der Waals surface area (Å²) in [6.45, 7) is 10.3. The molecule has 0 aromatic carbocycles. The summed E-state index contributed by atoms with van der Waals surface area (Å²) >= 11 is 0. The molecule has 3 N–H and O–H groups in total. The van der Waals surface area contributed by atoms with Gasteiger partial charge in [-0.05, 0) is 24.5 Å². The zero-order valence-electron chi connectivity index (χ0n) is 25.0. The smallest absolute Gasteiger partial charge is 0.306 e. The van der Waals surface area contributed by atoms with Gasteiger partial charge in [-0.1, -0.05) is 78.4 Å². The third-order valence-corrected chi connectivity index (χ3v) is 10.5. The van der Waals surface area contributed by atoms with Crippen LogP contribution < -0.4 is 0 Å². The summed E-state index contributed by atoms with van der Waals surface area (Å²) < 4.78 is 12.2. The zero-order valence-corrected chi connectivity index (χ0v) is 25.0. The van der Waals surface area contributed by atoms with E-state index in [1.54, 1.807) is 26.0 Å². The molecule has 2 fully saturated rings. The number of unbranched alkanes of at least 4 members (excludes halogenated alkanes) is 6. The van der Waals surface area contributed by atoms with Crippen molar-refractivity contribution >= 4 is 17.7 Å². The Hall–Kier alpha value is -2.03. The second-order valence-electron chi connectivity index (χ2n) is 13.3. The maximum absolute atomic E-state index is 13.3. The van der Waals surface area contributed by atoms with E-state index in [-0.39, 0.29) is 25.4 Å². The van der Waals surface area contributed by atoms with E-state index in [1.165, 1.54) is 26.2 Å². The van der Waals surface area contributed by atoms with E-state index in [4.69, 9.17) is 9.47 Å². The molecule has 224 valence electrons. The van der Waals surface area contributed by atoms with Crippen LogP contribution in [-0.4, -0.2) is 62.6 Å². The molecule has 0 amide bonds. The molecule has 4 rings (SSSR count). The lowest BCUT2D eigenvalue weighted by Crippen LogP contribution is -2.66. The van der Waals surface area contributed by atoms with Gasteiger partial charge in [-0.2, -0.15) is 0 Å². The molecule has 0 heterocycles. The van der Waals surface area contributed by atoms with Crippen LogP contribution in [-0.2, 0) is 23.9 Å². The molecule has 0 aliphatic heterocycles. The summed E-state index contributed by atoms with van der Waals surface area (Å²) in [5, 5.41) is 34.6. The maximum atomic E-state index is 13.3. The Labute approximate surface area is 238 Å². The Balaban J connectivity index is 1.68. The van der Waals surface area contributed by atoms with Gasteiger partial charge in [0.2, 0.25) is 0 Å². The number of ether oxygens (including phenoxy) is 2. The second-order valence-corrected chi connectivity index (χ2v) is 13.3. The first-order chi connectivity index (χ1) is 18.7. The van der Waals surface area contributed by atoms with Gasteiger partial charge in [-0.25, -0.2) is 0 Å². The fraction of sp³-hybridized carbons (Fsp3) is 0.781. The molecule has 40 heavy (non-hydrogen) atoms. The summed E-state index contributed by atoms with van der Waals surface area (Å²) in [5.41, 5.74) is -4.70. The lowest BCUT2D eigenvalue weighted by molar-refractivity contribution is -0.228. The molecule has 2 saturated carbocycles. The lowest BCUT2D eigenvalue weighted by Gasteiger charge is -2.53. The third-order valence-electron chi connectivity index (χ3n) is 10.5. The highest BCUT2D eigenvalue weighted by Crippen LogP contribution is 2.77. The molecule has 0 aromatic rings. The Morgan fingerprint density at radius 2 is 1.68 bits per heavy atom. The zero-order chi connectivity index (χ0) is 29.7. The van der Waals surface area contributed by atoms with Gasteiger partial charge in [0.05, 0.1) is 12.2 Å². The molecule has 8 atom stereocenters. The predicted octanol–water partition coefficient (Wildman–Crippen LogP) is 4.19. The van der Waals surface area contributed by atoms with E-state index >= 15 is 0 Å². The van der Waals surface area contributed by atoms with Crippen molar-refractivity contribution in [2.75, 3.05) is 6.61 Å². The number of hydrogen-bond donors (Lipinski definition) is 3. The van der Waals surface area contributed by atoms with E-state index in [2.05, 4.69) is 6.92 Å². The van der Waals surface area contributed by atoms with Crippen LogP contribution in [0.2, 0.25) is 0 Å². The van der Waals surface area contributed by atoms with Gasteiger partial charge in [0.25, 0.3) is 0 Å². The minimum absolute atomic E-state index is 0.108. The van der Waals surface area contributed by atoms with Crippen molar-refractivity contribution in [3.05, 3.63) is 23.3 Å². The fourth-order valence-electron chi connectivity index (χ4n) is 8.47. The molecule has 4 aliphatic rings. The number of ketones is 1. The van der Waals surface area contributed by atoms with Gasteiger partial charge in [-0.15, -0.1) is 0 Å². The SMILES string of the molecule is CCCCCCCCCC(=O)O[C@@]12[C@H](OC(C)=O)[C@@H](C)[C@@]3(O)[C@@H](C=C(CO)C[C@]4(O)C(=O)C(C)=C[C@@H]34)[C@@H]1C2(C)C. The van der Waals surface area contributed by atoms with Crippen LogP contribution in [0.5, 0.6) is 0 Å². The van der Waals surface area contributed by atoms with Crippen LogP contribution in [0.4, 0.5) is 0 Å². The molecule has 4 aliphatic carbocycles. The van der Waals surface area contributed by atoms with Crippen molar-refractivity contribution in [3.63, 3.8) is 0 Å². The van der Waals surface area contributed by atoms with E-state index in [1.807, 2.05) is 13.8 Å². The molecule has 0 bridgehead atoms. The largest absolute Gasteiger partial charge is 0.458 e. The Morgan fingerprint density at radius 3 is 2.27 bits per heavy atom. The number of carbonyl (C=O) groups excluding carboxylic acids is 3. The number of esters is 2. The van der Waals surface area contributed by atoms with Crippen molar-refractivity contribution in [1.29, 1.82) is 0 Å². The third kappa shape index (κ3) is 4.58. The van der Waals surface area contributed by atoms with Crippen molar-refractivity contribution in [1.82, 2.24) is 0 Å². The van der Waals surface area contributed by atoms with Crippen molar-refractivity contribution in [2.24, 2.45) is 29.1 Å². The number of carbonyl (C=O) groups is 3. The van der Waals surface area contributed by atoms with Gasteiger partial charge in [0, 0.05) is 48.9 Å².